The summed E-state index contributed by atoms with van der Waals surface area (Å²) < 4.78 is 21.1. The Bertz CT molecular complexity index is 806. The number of hydrogen-bond acceptors (Lipinski definition) is 6. The molecule has 124 valence electrons. The highest BCUT2D eigenvalue weighted by Crippen LogP contribution is 2.32. The van der Waals surface area contributed by atoms with Crippen molar-refractivity contribution in [3.05, 3.63) is 47.7 Å². The predicted octanol–water partition coefficient (Wildman–Crippen LogP) is 3.17. The molecule has 0 saturated carbocycles. The van der Waals surface area contributed by atoms with Gasteiger partial charge in [0.1, 0.15) is 22.8 Å². The SMILES string of the molecule is COc1ccccc1-c1ccc(C=C2C(=O)OC(C)(C)OC2=O)o1. The second-order valence-corrected chi connectivity index (χ2v) is 5.64. The molecule has 0 bridgehead atoms. The molecule has 0 atom stereocenters. The Balaban J connectivity index is 1.91. The average molecular weight is 328 g/mol. The minimum Gasteiger partial charge on any atom is -0.496 e. The van der Waals surface area contributed by atoms with E-state index in [0.29, 0.717) is 17.3 Å². The quantitative estimate of drug-likeness (QED) is 0.489. The van der Waals surface area contributed by atoms with Crippen LogP contribution in [-0.2, 0) is 19.1 Å². The number of benzene rings is 1. The zero-order chi connectivity index (χ0) is 17.3. The van der Waals surface area contributed by atoms with E-state index in [0.717, 1.165) is 5.56 Å². The predicted molar refractivity (Wildman–Crippen MR) is 84.9 cm³/mol. The van der Waals surface area contributed by atoms with Crippen molar-refractivity contribution in [2.24, 2.45) is 0 Å². The maximum Gasteiger partial charge on any atom is 0.348 e. The van der Waals surface area contributed by atoms with E-state index >= 15 is 0 Å². The summed E-state index contributed by atoms with van der Waals surface area (Å²) in [6.45, 7) is 2.98. The van der Waals surface area contributed by atoms with Gasteiger partial charge in [-0.05, 0) is 24.3 Å². The Labute approximate surface area is 138 Å². The maximum absolute atomic E-state index is 11.9. The Morgan fingerprint density at radius 1 is 1.00 bits per heavy atom. The zero-order valence-corrected chi connectivity index (χ0v) is 13.5. The zero-order valence-electron chi connectivity index (χ0n) is 13.5. The van der Waals surface area contributed by atoms with Crippen LogP contribution in [0.15, 0.2) is 46.4 Å². The summed E-state index contributed by atoms with van der Waals surface area (Å²) in [4.78, 5) is 23.9. The molecule has 1 aliphatic heterocycles. The van der Waals surface area contributed by atoms with Gasteiger partial charge in [0.05, 0.1) is 12.7 Å². The summed E-state index contributed by atoms with van der Waals surface area (Å²) in [5, 5.41) is 0. The van der Waals surface area contributed by atoms with Crippen molar-refractivity contribution in [1.29, 1.82) is 0 Å². The molecule has 2 heterocycles. The fourth-order valence-corrected chi connectivity index (χ4v) is 2.34. The van der Waals surface area contributed by atoms with Crippen molar-refractivity contribution in [1.82, 2.24) is 0 Å². The molecule has 0 radical (unpaired) electrons. The van der Waals surface area contributed by atoms with Crippen LogP contribution in [0.5, 0.6) is 5.75 Å². The number of ether oxygens (including phenoxy) is 3. The molecule has 1 fully saturated rings. The highest BCUT2D eigenvalue weighted by atomic mass is 16.7. The van der Waals surface area contributed by atoms with Gasteiger partial charge in [-0.25, -0.2) is 9.59 Å². The lowest BCUT2D eigenvalue weighted by atomic mass is 10.1. The van der Waals surface area contributed by atoms with Crippen LogP contribution in [0.3, 0.4) is 0 Å². The van der Waals surface area contributed by atoms with Crippen LogP contribution >= 0.6 is 0 Å². The summed E-state index contributed by atoms with van der Waals surface area (Å²) >= 11 is 0. The first kappa shape index (κ1) is 15.9. The first-order valence-corrected chi connectivity index (χ1v) is 7.31. The minimum absolute atomic E-state index is 0.213. The summed E-state index contributed by atoms with van der Waals surface area (Å²) in [5.41, 5.74) is 0.551. The number of carbonyl (C=O) groups excluding carboxylic acids is 2. The fourth-order valence-electron chi connectivity index (χ4n) is 2.34. The van der Waals surface area contributed by atoms with Crippen LogP contribution in [-0.4, -0.2) is 24.8 Å². The van der Waals surface area contributed by atoms with E-state index in [1.54, 1.807) is 19.2 Å². The van der Waals surface area contributed by atoms with E-state index in [1.807, 2.05) is 24.3 Å². The molecule has 24 heavy (non-hydrogen) atoms. The molecule has 0 spiro atoms. The lowest BCUT2D eigenvalue weighted by molar-refractivity contribution is -0.222. The number of esters is 2. The summed E-state index contributed by atoms with van der Waals surface area (Å²) in [7, 11) is 1.57. The van der Waals surface area contributed by atoms with Gasteiger partial charge in [0.25, 0.3) is 5.79 Å². The van der Waals surface area contributed by atoms with Gasteiger partial charge in [-0.1, -0.05) is 12.1 Å². The molecule has 2 aromatic rings. The normalized spacial score (nSPS) is 16.4. The van der Waals surface area contributed by atoms with Gasteiger partial charge in [0, 0.05) is 19.9 Å². The Morgan fingerprint density at radius 2 is 1.67 bits per heavy atom. The first-order chi connectivity index (χ1) is 11.4. The standard InChI is InChI=1S/C18H16O6/c1-18(2)23-16(19)13(17(20)24-18)10-11-8-9-15(22-11)12-6-4-5-7-14(12)21-3/h4-10H,1-3H3. The van der Waals surface area contributed by atoms with Crippen molar-refractivity contribution in [3.63, 3.8) is 0 Å². The highest BCUT2D eigenvalue weighted by Gasteiger charge is 2.39. The number of cyclic esters (lactones) is 2. The second-order valence-electron chi connectivity index (χ2n) is 5.64. The van der Waals surface area contributed by atoms with Crippen LogP contribution in [0.25, 0.3) is 17.4 Å². The number of para-hydroxylation sites is 1. The molecule has 0 unspecified atom stereocenters. The van der Waals surface area contributed by atoms with Crippen LogP contribution in [0.4, 0.5) is 0 Å². The molecule has 6 heteroatoms. The molecule has 6 nitrogen and oxygen atoms in total. The van der Waals surface area contributed by atoms with Crippen molar-refractivity contribution < 1.29 is 28.2 Å². The molecule has 1 aliphatic rings. The van der Waals surface area contributed by atoms with Gasteiger partial charge in [-0.3, -0.25) is 0 Å². The van der Waals surface area contributed by atoms with E-state index < -0.39 is 17.7 Å². The van der Waals surface area contributed by atoms with Gasteiger partial charge >= 0.3 is 11.9 Å². The summed E-state index contributed by atoms with van der Waals surface area (Å²) in [5.74, 6) is -1.21. The number of furan rings is 1. The average Bonchev–Trinajstić information content (AvgIpc) is 2.98. The van der Waals surface area contributed by atoms with Crippen molar-refractivity contribution in [2.45, 2.75) is 19.6 Å². The van der Waals surface area contributed by atoms with Crippen LogP contribution in [0, 0.1) is 0 Å². The molecular formula is C18H16O6. The molecule has 1 aromatic heterocycles. The lowest BCUT2D eigenvalue weighted by Gasteiger charge is -2.29. The molecule has 0 aliphatic carbocycles. The molecule has 3 rings (SSSR count). The van der Waals surface area contributed by atoms with E-state index in [4.69, 9.17) is 18.6 Å². The lowest BCUT2D eigenvalue weighted by Crippen LogP contribution is -2.41. The van der Waals surface area contributed by atoms with Crippen LogP contribution in [0.1, 0.15) is 19.6 Å². The molecule has 1 saturated heterocycles. The smallest absolute Gasteiger partial charge is 0.348 e. The Hall–Kier alpha value is -3.02. The third-order valence-corrected chi connectivity index (χ3v) is 3.40. The second kappa shape index (κ2) is 5.88. The highest BCUT2D eigenvalue weighted by molar-refractivity contribution is 6.18. The fraction of sp³-hybridized carbons (Fsp3) is 0.222. The monoisotopic (exact) mass is 328 g/mol. The molecule has 0 amide bonds. The number of rotatable bonds is 3. The Kier molecular flexibility index (Phi) is 3.89. The van der Waals surface area contributed by atoms with Crippen LogP contribution < -0.4 is 4.74 Å². The minimum atomic E-state index is -1.27. The first-order valence-electron chi connectivity index (χ1n) is 7.31. The van der Waals surface area contributed by atoms with Gasteiger partial charge in [-0.15, -0.1) is 0 Å². The van der Waals surface area contributed by atoms with Gasteiger partial charge in [-0.2, -0.15) is 0 Å². The number of hydrogen-bond donors (Lipinski definition) is 0. The summed E-state index contributed by atoms with van der Waals surface area (Å²) in [6.07, 6.45) is 1.30. The van der Waals surface area contributed by atoms with Crippen molar-refractivity contribution >= 4 is 18.0 Å². The van der Waals surface area contributed by atoms with E-state index in [9.17, 15) is 9.59 Å². The van der Waals surface area contributed by atoms with Gasteiger partial charge < -0.3 is 18.6 Å². The van der Waals surface area contributed by atoms with E-state index in [1.165, 1.54) is 19.9 Å². The topological polar surface area (TPSA) is 75.0 Å². The van der Waals surface area contributed by atoms with Crippen molar-refractivity contribution in [2.75, 3.05) is 7.11 Å². The number of carbonyl (C=O) groups is 2. The largest absolute Gasteiger partial charge is 0.496 e. The molecule has 1 aromatic carbocycles. The number of methoxy groups -OCH3 is 1. The molecular weight excluding hydrogens is 312 g/mol. The van der Waals surface area contributed by atoms with Gasteiger partial charge in [0.2, 0.25) is 0 Å². The summed E-state index contributed by atoms with van der Waals surface area (Å²) in [6, 6.07) is 10.7. The van der Waals surface area contributed by atoms with E-state index in [-0.39, 0.29) is 5.57 Å². The third-order valence-electron chi connectivity index (χ3n) is 3.40. The van der Waals surface area contributed by atoms with E-state index in [2.05, 4.69) is 0 Å². The van der Waals surface area contributed by atoms with Gasteiger partial charge in [0.15, 0.2) is 0 Å². The van der Waals surface area contributed by atoms with Crippen LogP contribution in [0.2, 0.25) is 0 Å². The molecule has 0 N–H and O–H groups in total. The van der Waals surface area contributed by atoms with Crippen molar-refractivity contribution in [3.8, 4) is 17.1 Å². The Morgan fingerprint density at radius 3 is 2.33 bits per heavy atom. The third kappa shape index (κ3) is 3.03. The maximum atomic E-state index is 11.9.